The summed E-state index contributed by atoms with van der Waals surface area (Å²) in [6, 6.07) is 72.9. The number of nitrogens with one attached hydrogen (secondary N) is 2. The molecule has 0 spiro atoms. The summed E-state index contributed by atoms with van der Waals surface area (Å²) in [6.45, 7) is 13.7. The molecule has 0 bridgehead atoms. The summed E-state index contributed by atoms with van der Waals surface area (Å²) >= 11 is 0. The number of ether oxygens (including phenoxy) is 4. The number of nitrogen functional groups attached to an aromatic ring is 2. The highest BCUT2D eigenvalue weighted by atomic mass is 16.5. The van der Waals surface area contributed by atoms with Gasteiger partial charge >= 0.3 is 0 Å². The van der Waals surface area contributed by atoms with Crippen LogP contribution in [0.2, 0.25) is 0 Å². The Balaban J connectivity index is 0.000000207. The van der Waals surface area contributed by atoms with Gasteiger partial charge in [-0.3, -0.25) is 87.9 Å². The maximum atomic E-state index is 13.1. The fourth-order valence-corrected chi connectivity index (χ4v) is 16.2. The van der Waals surface area contributed by atoms with Gasteiger partial charge in [-0.25, -0.2) is 19.9 Å². The van der Waals surface area contributed by atoms with Crippen molar-refractivity contribution in [3.8, 4) is 11.5 Å². The van der Waals surface area contributed by atoms with E-state index in [2.05, 4.69) is 106 Å². The number of hydrogen-bond acceptors (Lipinski definition) is 26. The van der Waals surface area contributed by atoms with Gasteiger partial charge < -0.3 is 41.0 Å². The topological polar surface area (TPSA) is 344 Å². The SMILES string of the molecule is Nc1cccc(CN(Cc2cc(CN(Cc3ccccn3)Cc3cccc(N)n3)cc(OCCCCN3C(=O)c4ccccc4C3=O)c2)Cc2ccccn2)n1.O=C(CN1CCOCC1)Nc1cccc(CN(Cc2cc(CN(Cc3ccccn3)Cc3cccc(NC(=O)CN4CCOCC4)n3)cc(OCCCCN3C(=O)c4ccccc4C3=O)c2)Cc2ccccn2)n1. The number of hydrogen-bond donors (Lipinski definition) is 4. The second-order valence-corrected chi connectivity index (χ2v) is 32.6. The molecule has 6 amide bonds. The van der Waals surface area contributed by atoms with Crippen LogP contribution < -0.4 is 31.6 Å². The van der Waals surface area contributed by atoms with Crippen molar-refractivity contribution < 1.29 is 47.7 Å². The number of amides is 6. The molecule has 4 aliphatic heterocycles. The standard InChI is InChI=1S/C56H63N11O7.C44H45N9O3/c68-53(40-63-22-27-72-28-23-63)61-51-17-9-13-46(59-51)38-65(36-44-11-3-5-19-57-44)34-42-31-43(33-48(32-42)74-26-8-7-21-67-55(70)49-15-1-2-16-50(49)56(67)71)35-66(37-45-12-4-6-20-58-45)39-47-14-10-18-52(60-47)62-54(69)41-64-24-29-73-30-25-64;45-41-17-9-13-36(49-41)30-51(28-34-11-3-5-19-47-34)26-32-23-33(27-52(29-35-12-4-6-20-48-35)31-37-14-10-18-42(46)50-37)25-38(24-32)56-22-8-7-21-53-43(54)39-15-1-2-16-40(39)44(53)55/h1-6,9-20,31-33H,7-8,21-30,34-41H2,(H,59,61,68)(H,60,62,69);1-6,9-20,23-25H,7-8,21-22,26-31H2,(H2,45,49)(H2,46,50). The Morgan fingerprint density at radius 2 is 0.615 bits per heavy atom. The fraction of sp³-hybridized carbons (Fsp3) is 0.300. The third-order valence-electron chi connectivity index (χ3n) is 22.3. The number of unbranched alkanes of at least 4 members (excludes halogenated alkanes) is 2. The summed E-state index contributed by atoms with van der Waals surface area (Å²) in [4.78, 5) is 131. The Labute approximate surface area is 756 Å². The van der Waals surface area contributed by atoms with Crippen molar-refractivity contribution in [2.45, 2.75) is 104 Å². The maximum Gasteiger partial charge on any atom is 0.261 e. The largest absolute Gasteiger partial charge is 0.494 e. The minimum absolute atomic E-state index is 0.123. The van der Waals surface area contributed by atoms with Gasteiger partial charge in [0.1, 0.15) is 34.8 Å². The molecule has 2 saturated heterocycles. The average molecular weight is 1750 g/mol. The van der Waals surface area contributed by atoms with Crippen molar-refractivity contribution in [2.75, 3.05) is 114 Å². The van der Waals surface area contributed by atoms with Crippen molar-refractivity contribution in [2.24, 2.45) is 0 Å². The summed E-state index contributed by atoms with van der Waals surface area (Å²) in [5, 5.41) is 5.99. The van der Waals surface area contributed by atoms with E-state index >= 15 is 0 Å². The quantitative estimate of drug-likeness (QED) is 0.0204. The van der Waals surface area contributed by atoms with Gasteiger partial charge in [0, 0.05) is 143 Å². The van der Waals surface area contributed by atoms with E-state index in [9.17, 15) is 28.8 Å². The number of anilines is 4. The molecule has 668 valence electrons. The van der Waals surface area contributed by atoms with Crippen LogP contribution in [0, 0.1) is 0 Å². The Bertz CT molecular complexity index is 5450. The smallest absolute Gasteiger partial charge is 0.261 e. The minimum atomic E-state index is -0.264. The first kappa shape index (κ1) is 90.9. The molecule has 12 aromatic rings. The lowest BCUT2D eigenvalue weighted by Gasteiger charge is -2.26. The molecule has 2 fully saturated rings. The third kappa shape index (κ3) is 27.1. The fourth-order valence-electron chi connectivity index (χ4n) is 16.2. The highest BCUT2D eigenvalue weighted by molar-refractivity contribution is 6.22. The minimum Gasteiger partial charge on any atom is -0.494 e. The van der Waals surface area contributed by atoms with E-state index < -0.39 is 0 Å². The number of imide groups is 2. The van der Waals surface area contributed by atoms with Crippen molar-refractivity contribution >= 4 is 58.7 Å². The van der Waals surface area contributed by atoms with E-state index in [1.54, 1.807) is 85.5 Å². The van der Waals surface area contributed by atoms with Crippen LogP contribution in [0.25, 0.3) is 0 Å². The molecule has 0 atom stereocenters. The predicted molar refractivity (Wildman–Crippen MR) is 492 cm³/mol. The highest BCUT2D eigenvalue weighted by Gasteiger charge is 2.36. The molecule has 6 N–H and O–H groups in total. The van der Waals surface area contributed by atoms with Gasteiger partial charge in [0.15, 0.2) is 0 Å². The van der Waals surface area contributed by atoms with Crippen LogP contribution >= 0.6 is 0 Å². The molecular formula is C100H108N20O10. The van der Waals surface area contributed by atoms with Crippen LogP contribution in [0.5, 0.6) is 11.5 Å². The molecule has 4 aromatic carbocycles. The van der Waals surface area contributed by atoms with Gasteiger partial charge in [0.05, 0.1) is 121 Å². The molecule has 0 unspecified atom stereocenters. The molecule has 4 aliphatic rings. The number of fused-ring (bicyclic) bond motifs is 2. The number of rotatable bonds is 42. The van der Waals surface area contributed by atoms with Gasteiger partial charge in [0.25, 0.3) is 23.6 Å². The second-order valence-electron chi connectivity index (χ2n) is 32.6. The van der Waals surface area contributed by atoms with Gasteiger partial charge in [-0.15, -0.1) is 0 Å². The number of nitrogens with zero attached hydrogens (tertiary/aromatic N) is 16. The third-order valence-corrected chi connectivity index (χ3v) is 22.3. The lowest BCUT2D eigenvalue weighted by molar-refractivity contribution is -0.119. The first-order chi connectivity index (χ1) is 63.6. The number of benzene rings is 4. The zero-order chi connectivity index (χ0) is 89.6. The van der Waals surface area contributed by atoms with Crippen LogP contribution in [0.4, 0.5) is 23.3 Å². The summed E-state index contributed by atoms with van der Waals surface area (Å²) in [5.41, 5.74) is 25.0. The number of pyridine rings is 8. The van der Waals surface area contributed by atoms with Crippen LogP contribution in [-0.4, -0.2) is 207 Å². The lowest BCUT2D eigenvalue weighted by Crippen LogP contribution is -2.41. The second kappa shape index (κ2) is 46.3. The zero-order valence-electron chi connectivity index (χ0n) is 72.9. The highest BCUT2D eigenvalue weighted by Crippen LogP contribution is 2.30. The van der Waals surface area contributed by atoms with Crippen molar-refractivity contribution in [3.05, 3.63) is 345 Å². The molecule has 0 aliphatic carbocycles. The number of nitrogens with two attached hydrogens (primary N) is 2. The summed E-state index contributed by atoms with van der Waals surface area (Å²) in [6.07, 6.45) is 9.65. The summed E-state index contributed by atoms with van der Waals surface area (Å²) in [7, 11) is 0. The van der Waals surface area contributed by atoms with E-state index in [0.717, 1.165) is 73.6 Å². The molecule has 130 heavy (non-hydrogen) atoms. The zero-order valence-corrected chi connectivity index (χ0v) is 72.9. The lowest BCUT2D eigenvalue weighted by atomic mass is 10.1. The Morgan fingerprint density at radius 1 is 0.331 bits per heavy atom. The van der Waals surface area contributed by atoms with Gasteiger partial charge in [0.2, 0.25) is 11.8 Å². The first-order valence-corrected chi connectivity index (χ1v) is 44.1. The van der Waals surface area contributed by atoms with Gasteiger partial charge in [-0.1, -0.05) is 84.9 Å². The first-order valence-electron chi connectivity index (χ1n) is 44.1. The Morgan fingerprint density at radius 3 is 0.915 bits per heavy atom. The normalized spacial score (nSPS) is 14.0. The van der Waals surface area contributed by atoms with E-state index in [1.807, 2.05) is 133 Å². The van der Waals surface area contributed by atoms with Gasteiger partial charge in [-0.05, 0) is 194 Å². The van der Waals surface area contributed by atoms with E-state index in [4.69, 9.17) is 40.4 Å². The van der Waals surface area contributed by atoms with Crippen LogP contribution in [-0.2, 0) is 97.6 Å². The van der Waals surface area contributed by atoms with Crippen LogP contribution in [0.1, 0.15) is 135 Å². The summed E-state index contributed by atoms with van der Waals surface area (Å²) < 4.78 is 23.9. The van der Waals surface area contributed by atoms with E-state index in [-0.39, 0.29) is 48.5 Å². The number of morpholine rings is 2. The maximum absolute atomic E-state index is 13.1. The number of carbonyl (C=O) groups excluding carboxylic acids is 6. The molecule has 0 radical (unpaired) electrons. The van der Waals surface area contributed by atoms with Crippen molar-refractivity contribution in [1.82, 2.24) is 79.1 Å². The van der Waals surface area contributed by atoms with E-state index in [0.29, 0.717) is 234 Å². The Hall–Kier alpha value is -13.8. The molecular weight excluding hydrogens is 1640 g/mol. The molecule has 30 heteroatoms. The number of aromatic nitrogens is 8. The average Bonchev–Trinajstić information content (AvgIpc) is 1.64. The van der Waals surface area contributed by atoms with Crippen LogP contribution in [0.15, 0.2) is 255 Å². The molecule has 12 heterocycles. The molecule has 0 saturated carbocycles. The predicted octanol–water partition coefficient (Wildman–Crippen LogP) is 12.0. The van der Waals surface area contributed by atoms with E-state index in [1.165, 1.54) is 9.80 Å². The molecule has 8 aromatic heterocycles. The monoisotopic (exact) mass is 1750 g/mol. The summed E-state index contributed by atoms with van der Waals surface area (Å²) in [5.74, 6) is 2.09. The molecule has 30 nitrogen and oxygen atoms in total. The number of carbonyl (C=O) groups is 6. The van der Waals surface area contributed by atoms with Gasteiger partial charge in [-0.2, -0.15) is 0 Å². The Kier molecular flexibility index (Phi) is 32.4. The molecule has 16 rings (SSSR count). The van der Waals surface area contributed by atoms with Crippen molar-refractivity contribution in [1.29, 1.82) is 0 Å². The van der Waals surface area contributed by atoms with Crippen LogP contribution in [0.3, 0.4) is 0 Å². The van der Waals surface area contributed by atoms with Crippen molar-refractivity contribution in [3.63, 3.8) is 0 Å².